The summed E-state index contributed by atoms with van der Waals surface area (Å²) in [5, 5.41) is 0. The summed E-state index contributed by atoms with van der Waals surface area (Å²) >= 11 is 3.48. The van der Waals surface area contributed by atoms with Gasteiger partial charge in [-0.25, -0.2) is 0 Å². The molecular weight excluding hydrogens is 244 g/mol. The average molecular weight is 255 g/mol. The first-order chi connectivity index (χ1) is 6.81. The Balaban J connectivity index is 2.29. The highest BCUT2D eigenvalue weighted by Crippen LogP contribution is 2.31. The molecule has 1 aromatic rings. The van der Waals surface area contributed by atoms with Crippen LogP contribution >= 0.6 is 15.9 Å². The molecule has 2 rings (SSSR count). The highest BCUT2D eigenvalue weighted by molar-refractivity contribution is 9.10. The molecular formula is C11H11BrO2. The first-order valence-electron chi connectivity index (χ1n) is 4.63. The van der Waals surface area contributed by atoms with Crippen LogP contribution in [0.25, 0.3) is 0 Å². The van der Waals surface area contributed by atoms with Crippen LogP contribution < -0.4 is 0 Å². The summed E-state index contributed by atoms with van der Waals surface area (Å²) in [4.78, 5) is 10.5. The third-order valence-corrected chi connectivity index (χ3v) is 3.22. The highest BCUT2D eigenvalue weighted by Gasteiger charge is 2.19. The van der Waals surface area contributed by atoms with Crippen molar-refractivity contribution in [3.05, 3.63) is 33.8 Å². The van der Waals surface area contributed by atoms with E-state index in [0.717, 1.165) is 30.4 Å². The molecule has 1 aliphatic heterocycles. The number of ether oxygens (including phenoxy) is 1. The number of aldehydes is 1. The number of hydrogen-bond donors (Lipinski definition) is 0. The van der Waals surface area contributed by atoms with Gasteiger partial charge in [-0.15, -0.1) is 0 Å². The third kappa shape index (κ3) is 1.88. The van der Waals surface area contributed by atoms with E-state index < -0.39 is 0 Å². The van der Waals surface area contributed by atoms with Crippen molar-refractivity contribution in [1.29, 1.82) is 0 Å². The molecule has 74 valence electrons. The predicted octanol–water partition coefficient (Wildman–Crippen LogP) is 2.77. The lowest BCUT2D eigenvalue weighted by Gasteiger charge is -2.10. The Bertz CT molecular complexity index is 343. The van der Waals surface area contributed by atoms with Gasteiger partial charge in [0.25, 0.3) is 0 Å². The van der Waals surface area contributed by atoms with Crippen LogP contribution in [0.3, 0.4) is 0 Å². The Morgan fingerprint density at radius 2 is 2.36 bits per heavy atom. The Morgan fingerprint density at radius 1 is 1.50 bits per heavy atom. The number of carbonyl (C=O) groups excluding carboxylic acids is 1. The van der Waals surface area contributed by atoms with Crippen LogP contribution in [-0.2, 0) is 4.74 Å². The summed E-state index contributed by atoms with van der Waals surface area (Å²) in [5.74, 6) is 0.477. The highest BCUT2D eigenvalue weighted by atomic mass is 79.9. The number of hydrogen-bond acceptors (Lipinski definition) is 2. The van der Waals surface area contributed by atoms with Gasteiger partial charge in [0.2, 0.25) is 0 Å². The second-order valence-electron chi connectivity index (χ2n) is 3.46. The molecule has 1 saturated heterocycles. The van der Waals surface area contributed by atoms with E-state index >= 15 is 0 Å². The van der Waals surface area contributed by atoms with E-state index in [4.69, 9.17) is 4.74 Å². The summed E-state index contributed by atoms with van der Waals surface area (Å²) < 4.78 is 6.34. The van der Waals surface area contributed by atoms with Crippen molar-refractivity contribution in [2.75, 3.05) is 13.2 Å². The van der Waals surface area contributed by atoms with Gasteiger partial charge < -0.3 is 4.74 Å². The number of benzene rings is 1. The van der Waals surface area contributed by atoms with Crippen molar-refractivity contribution in [2.24, 2.45) is 0 Å². The maximum absolute atomic E-state index is 10.5. The first-order valence-corrected chi connectivity index (χ1v) is 5.43. The minimum atomic E-state index is 0.477. The van der Waals surface area contributed by atoms with E-state index in [0.29, 0.717) is 11.5 Å². The largest absolute Gasteiger partial charge is 0.381 e. The second kappa shape index (κ2) is 4.24. The zero-order valence-corrected chi connectivity index (χ0v) is 9.29. The van der Waals surface area contributed by atoms with E-state index in [1.165, 1.54) is 5.56 Å². The second-order valence-corrected chi connectivity index (χ2v) is 4.31. The summed E-state index contributed by atoms with van der Waals surface area (Å²) in [6, 6.07) is 5.72. The molecule has 1 aliphatic rings. The van der Waals surface area contributed by atoms with Crippen molar-refractivity contribution in [1.82, 2.24) is 0 Å². The minimum Gasteiger partial charge on any atom is -0.381 e. The minimum absolute atomic E-state index is 0.477. The Kier molecular flexibility index (Phi) is 2.99. The first kappa shape index (κ1) is 9.87. The molecule has 0 saturated carbocycles. The Morgan fingerprint density at radius 3 is 2.93 bits per heavy atom. The molecule has 0 aromatic heterocycles. The van der Waals surface area contributed by atoms with Gasteiger partial charge in [0.1, 0.15) is 6.29 Å². The van der Waals surface area contributed by atoms with Crippen LogP contribution in [0.5, 0.6) is 0 Å². The van der Waals surface area contributed by atoms with Gasteiger partial charge in [-0.2, -0.15) is 0 Å². The van der Waals surface area contributed by atoms with Gasteiger partial charge >= 0.3 is 0 Å². The Labute approximate surface area is 91.4 Å². The molecule has 2 nitrogen and oxygen atoms in total. The monoisotopic (exact) mass is 254 g/mol. The molecule has 0 aliphatic carbocycles. The van der Waals surface area contributed by atoms with Crippen LogP contribution in [0.2, 0.25) is 0 Å². The van der Waals surface area contributed by atoms with Gasteiger partial charge in [0.15, 0.2) is 0 Å². The molecule has 1 fully saturated rings. The fraction of sp³-hybridized carbons (Fsp3) is 0.364. The van der Waals surface area contributed by atoms with Crippen molar-refractivity contribution in [3.63, 3.8) is 0 Å². The fourth-order valence-corrected chi connectivity index (χ4v) is 2.45. The van der Waals surface area contributed by atoms with Gasteiger partial charge in [-0.3, -0.25) is 4.79 Å². The van der Waals surface area contributed by atoms with Gasteiger partial charge in [0, 0.05) is 22.6 Å². The molecule has 1 heterocycles. The molecule has 0 spiro atoms. The zero-order chi connectivity index (χ0) is 9.97. The van der Waals surface area contributed by atoms with E-state index in [9.17, 15) is 4.79 Å². The lowest BCUT2D eigenvalue weighted by atomic mass is 9.98. The quantitative estimate of drug-likeness (QED) is 0.759. The molecule has 0 N–H and O–H groups in total. The molecule has 0 radical (unpaired) electrons. The van der Waals surface area contributed by atoms with Crippen LogP contribution in [-0.4, -0.2) is 19.5 Å². The summed E-state index contributed by atoms with van der Waals surface area (Å²) in [7, 11) is 0. The summed E-state index contributed by atoms with van der Waals surface area (Å²) in [6.45, 7) is 1.63. The van der Waals surface area contributed by atoms with E-state index in [1.807, 2.05) is 18.2 Å². The molecule has 14 heavy (non-hydrogen) atoms. The van der Waals surface area contributed by atoms with Crippen molar-refractivity contribution in [2.45, 2.75) is 12.3 Å². The SMILES string of the molecule is O=Cc1ccc(C2CCOC2)c(Br)c1. The molecule has 1 aromatic carbocycles. The number of halogens is 1. The van der Waals surface area contributed by atoms with Gasteiger partial charge in [0.05, 0.1) is 6.61 Å². The van der Waals surface area contributed by atoms with E-state index in [-0.39, 0.29) is 0 Å². The lowest BCUT2D eigenvalue weighted by Crippen LogP contribution is -1.99. The van der Waals surface area contributed by atoms with E-state index in [1.54, 1.807) is 0 Å². The maximum Gasteiger partial charge on any atom is 0.150 e. The standard InChI is InChI=1S/C11H11BrO2/c12-11-5-8(6-13)1-2-10(11)9-3-4-14-7-9/h1-2,5-6,9H,3-4,7H2. The smallest absolute Gasteiger partial charge is 0.150 e. The van der Waals surface area contributed by atoms with Crippen molar-refractivity contribution < 1.29 is 9.53 Å². The number of rotatable bonds is 2. The van der Waals surface area contributed by atoms with Crippen molar-refractivity contribution >= 4 is 22.2 Å². The molecule has 1 unspecified atom stereocenters. The van der Waals surface area contributed by atoms with Crippen LogP contribution in [0.1, 0.15) is 28.3 Å². The number of carbonyl (C=O) groups is 1. The zero-order valence-electron chi connectivity index (χ0n) is 7.70. The average Bonchev–Trinajstić information content (AvgIpc) is 2.70. The van der Waals surface area contributed by atoms with Gasteiger partial charge in [-0.05, 0) is 18.1 Å². The van der Waals surface area contributed by atoms with Crippen LogP contribution in [0.4, 0.5) is 0 Å². The molecule has 0 amide bonds. The molecule has 3 heteroatoms. The third-order valence-electron chi connectivity index (χ3n) is 2.53. The topological polar surface area (TPSA) is 26.3 Å². The fourth-order valence-electron chi connectivity index (χ4n) is 1.73. The summed E-state index contributed by atoms with van der Waals surface area (Å²) in [6.07, 6.45) is 1.93. The Hall–Kier alpha value is -0.670. The molecule has 0 bridgehead atoms. The van der Waals surface area contributed by atoms with E-state index in [2.05, 4.69) is 15.9 Å². The predicted molar refractivity (Wildman–Crippen MR) is 57.7 cm³/mol. The van der Waals surface area contributed by atoms with Crippen LogP contribution in [0.15, 0.2) is 22.7 Å². The van der Waals surface area contributed by atoms with Crippen LogP contribution in [0, 0.1) is 0 Å². The maximum atomic E-state index is 10.5. The normalized spacial score (nSPS) is 21.1. The summed E-state index contributed by atoms with van der Waals surface area (Å²) in [5.41, 5.74) is 1.95. The van der Waals surface area contributed by atoms with Gasteiger partial charge in [-0.1, -0.05) is 28.1 Å². The van der Waals surface area contributed by atoms with Crippen molar-refractivity contribution in [3.8, 4) is 0 Å². The lowest BCUT2D eigenvalue weighted by molar-refractivity contribution is 0.112. The molecule has 1 atom stereocenters.